The van der Waals surface area contributed by atoms with E-state index in [-0.39, 0.29) is 38.8 Å². The van der Waals surface area contributed by atoms with Crippen LogP contribution in [0.25, 0.3) is 0 Å². The summed E-state index contributed by atoms with van der Waals surface area (Å²) in [6.45, 7) is 10.3. The first-order chi connectivity index (χ1) is 29.4. The van der Waals surface area contributed by atoms with E-state index in [0.29, 0.717) is 0 Å². The lowest BCUT2D eigenvalue weighted by molar-refractivity contribution is -0.130. The molecule has 14 heteroatoms. The summed E-state index contributed by atoms with van der Waals surface area (Å²) in [5.41, 5.74) is 1.53. The van der Waals surface area contributed by atoms with E-state index in [1.165, 1.54) is 0 Å². The van der Waals surface area contributed by atoms with E-state index < -0.39 is 71.2 Å². The first-order valence-corrected chi connectivity index (χ1v) is 20.7. The van der Waals surface area contributed by atoms with Gasteiger partial charge in [0.2, 0.25) is 23.6 Å². The van der Waals surface area contributed by atoms with Gasteiger partial charge in [0.05, 0.1) is 0 Å². The van der Waals surface area contributed by atoms with Crippen LogP contribution in [0.4, 0.5) is 9.59 Å². The van der Waals surface area contributed by atoms with E-state index in [9.17, 15) is 28.8 Å². The van der Waals surface area contributed by atoms with Crippen molar-refractivity contribution in [3.05, 3.63) is 144 Å². The van der Waals surface area contributed by atoms with Crippen LogP contribution in [0, 0.1) is 0 Å². The van der Waals surface area contributed by atoms with Crippen LogP contribution >= 0.6 is 0 Å². The number of benzene rings is 4. The maximum absolute atomic E-state index is 13.9. The van der Waals surface area contributed by atoms with Crippen LogP contribution in [0.5, 0.6) is 0 Å². The standard InChI is InChI=1S/C48H60N6O8/c1-47(2,3)61-45(59)53-39(31-35-23-15-9-16-24-35)43(57)51-37(29-33-19-11-7-12-20-33)41(55)49-27-28-50-42(56)38(30-34-21-13-8-14-22-34)52-44(58)40(32-36-25-17-10-18-26-36)54-46(60)62-48(4,5)6/h7-26,37-40H,27-32H2,1-6H3,(H,49,55)(H,50,56)(H,51,57)(H,52,58)(H,53,59)(H,54,60)/t37-,38-,39+,40+/m0/s1. The smallest absolute Gasteiger partial charge is 0.408 e. The summed E-state index contributed by atoms with van der Waals surface area (Å²) in [7, 11) is 0. The van der Waals surface area contributed by atoms with Crippen molar-refractivity contribution in [3.8, 4) is 0 Å². The summed E-state index contributed by atoms with van der Waals surface area (Å²) in [4.78, 5) is 81.0. The molecule has 6 amide bonds. The minimum atomic E-state index is -1.07. The number of hydrogen-bond acceptors (Lipinski definition) is 8. The zero-order valence-corrected chi connectivity index (χ0v) is 36.4. The van der Waals surface area contributed by atoms with Gasteiger partial charge in [-0.15, -0.1) is 0 Å². The van der Waals surface area contributed by atoms with Gasteiger partial charge in [0.1, 0.15) is 35.4 Å². The molecule has 0 radical (unpaired) electrons. The molecule has 0 spiro atoms. The molecule has 0 bridgehead atoms. The Morgan fingerprint density at radius 3 is 0.871 bits per heavy atom. The van der Waals surface area contributed by atoms with E-state index in [1.807, 2.05) is 121 Å². The van der Waals surface area contributed by atoms with Crippen LogP contribution in [0.2, 0.25) is 0 Å². The van der Waals surface area contributed by atoms with Crippen molar-refractivity contribution in [3.63, 3.8) is 0 Å². The Hall–Kier alpha value is -6.70. The number of carbonyl (C=O) groups is 6. The lowest BCUT2D eigenvalue weighted by Crippen LogP contribution is -2.57. The normalized spacial score (nSPS) is 13.2. The van der Waals surface area contributed by atoms with Crippen molar-refractivity contribution in [1.82, 2.24) is 31.9 Å². The summed E-state index contributed by atoms with van der Waals surface area (Å²) < 4.78 is 10.9. The molecule has 0 saturated heterocycles. The molecule has 0 aromatic heterocycles. The van der Waals surface area contributed by atoms with E-state index in [2.05, 4.69) is 31.9 Å². The van der Waals surface area contributed by atoms with E-state index >= 15 is 0 Å². The average Bonchev–Trinajstić information content (AvgIpc) is 3.21. The van der Waals surface area contributed by atoms with Crippen molar-refractivity contribution >= 4 is 35.8 Å². The third-order valence-corrected chi connectivity index (χ3v) is 9.13. The summed E-state index contributed by atoms with van der Waals surface area (Å²) in [6, 6.07) is 32.4. The molecule has 0 aliphatic rings. The maximum atomic E-state index is 13.9. The Labute approximate surface area is 364 Å². The Kier molecular flexibility index (Phi) is 18.1. The number of carbonyl (C=O) groups excluding carboxylic acids is 6. The topological polar surface area (TPSA) is 193 Å². The molecule has 6 N–H and O–H groups in total. The molecule has 4 aromatic carbocycles. The van der Waals surface area contributed by atoms with Crippen molar-refractivity contribution in [2.24, 2.45) is 0 Å². The van der Waals surface area contributed by atoms with E-state index in [0.717, 1.165) is 22.3 Å². The molecule has 0 unspecified atom stereocenters. The fourth-order valence-corrected chi connectivity index (χ4v) is 6.30. The van der Waals surface area contributed by atoms with Gasteiger partial charge in [-0.1, -0.05) is 121 Å². The van der Waals surface area contributed by atoms with Gasteiger partial charge in [0, 0.05) is 38.8 Å². The number of ether oxygens (including phenoxy) is 2. The van der Waals surface area contributed by atoms with Crippen molar-refractivity contribution < 1.29 is 38.2 Å². The van der Waals surface area contributed by atoms with Crippen LogP contribution in [-0.2, 0) is 54.3 Å². The van der Waals surface area contributed by atoms with Crippen LogP contribution < -0.4 is 31.9 Å². The first kappa shape index (κ1) is 48.0. The summed E-state index contributed by atoms with van der Waals surface area (Å²) in [6.07, 6.45) is -0.989. The second-order valence-electron chi connectivity index (χ2n) is 16.9. The molecule has 0 aliphatic heterocycles. The summed E-state index contributed by atoms with van der Waals surface area (Å²) in [5, 5.41) is 16.6. The SMILES string of the molecule is CC(C)(C)OC(=O)N[C@H](Cc1ccccc1)C(=O)N[C@@H](Cc1ccccc1)C(=O)NCCNC(=O)[C@H](Cc1ccccc1)NC(=O)[C@@H](Cc1ccccc1)NC(=O)OC(C)(C)C. The molecule has 4 atom stereocenters. The molecular weight excluding hydrogens is 789 g/mol. The monoisotopic (exact) mass is 848 g/mol. The maximum Gasteiger partial charge on any atom is 0.408 e. The molecule has 0 aliphatic carbocycles. The highest BCUT2D eigenvalue weighted by Gasteiger charge is 2.31. The van der Waals surface area contributed by atoms with Gasteiger partial charge in [0.25, 0.3) is 0 Å². The Morgan fingerprint density at radius 1 is 0.387 bits per heavy atom. The third kappa shape index (κ3) is 17.9. The Bertz CT molecular complexity index is 1910. The number of alkyl carbamates (subject to hydrolysis) is 2. The molecule has 4 aromatic rings. The minimum Gasteiger partial charge on any atom is -0.444 e. The van der Waals surface area contributed by atoms with Gasteiger partial charge in [-0.05, 0) is 63.8 Å². The fraction of sp³-hybridized carbons (Fsp3) is 0.375. The number of rotatable bonds is 19. The first-order valence-electron chi connectivity index (χ1n) is 20.7. The number of nitrogens with one attached hydrogen (secondary N) is 6. The van der Waals surface area contributed by atoms with Crippen LogP contribution in [0.1, 0.15) is 63.8 Å². The van der Waals surface area contributed by atoms with Gasteiger partial charge in [-0.25, -0.2) is 9.59 Å². The van der Waals surface area contributed by atoms with E-state index in [1.54, 1.807) is 41.5 Å². The summed E-state index contributed by atoms with van der Waals surface area (Å²) in [5.74, 6) is -2.21. The molecule has 0 saturated carbocycles. The lowest BCUT2D eigenvalue weighted by Gasteiger charge is -2.26. The predicted molar refractivity (Wildman–Crippen MR) is 237 cm³/mol. The molecule has 4 rings (SSSR count). The van der Waals surface area contributed by atoms with Crippen LogP contribution in [-0.4, -0.2) is 84.3 Å². The minimum absolute atomic E-state index is 0.0157. The second-order valence-corrected chi connectivity index (χ2v) is 16.9. The Balaban J connectivity index is 1.45. The van der Waals surface area contributed by atoms with Crippen molar-refractivity contribution in [2.75, 3.05) is 13.1 Å². The van der Waals surface area contributed by atoms with Crippen molar-refractivity contribution in [1.29, 1.82) is 0 Å². The molecule has 62 heavy (non-hydrogen) atoms. The lowest BCUT2D eigenvalue weighted by atomic mass is 10.0. The highest BCUT2D eigenvalue weighted by Crippen LogP contribution is 2.12. The van der Waals surface area contributed by atoms with Gasteiger partial charge < -0.3 is 41.4 Å². The van der Waals surface area contributed by atoms with Crippen LogP contribution in [0.15, 0.2) is 121 Å². The third-order valence-electron chi connectivity index (χ3n) is 9.13. The zero-order valence-electron chi connectivity index (χ0n) is 36.4. The zero-order chi connectivity index (χ0) is 45.1. The van der Waals surface area contributed by atoms with E-state index in [4.69, 9.17) is 9.47 Å². The van der Waals surface area contributed by atoms with Gasteiger partial charge in [-0.3, -0.25) is 19.2 Å². The average molecular weight is 849 g/mol. The second kappa shape index (κ2) is 23.3. The summed E-state index contributed by atoms with van der Waals surface area (Å²) >= 11 is 0. The number of hydrogen-bond donors (Lipinski definition) is 6. The number of amides is 6. The largest absolute Gasteiger partial charge is 0.444 e. The highest BCUT2D eigenvalue weighted by molar-refractivity contribution is 5.93. The molecular formula is C48H60N6O8. The quantitative estimate of drug-likeness (QED) is 0.0715. The van der Waals surface area contributed by atoms with Gasteiger partial charge >= 0.3 is 12.2 Å². The molecule has 0 fully saturated rings. The molecule has 330 valence electrons. The fourth-order valence-electron chi connectivity index (χ4n) is 6.30. The van der Waals surface area contributed by atoms with Crippen molar-refractivity contribution in [2.45, 2.75) is 103 Å². The molecule has 0 heterocycles. The Morgan fingerprint density at radius 2 is 0.629 bits per heavy atom. The van der Waals surface area contributed by atoms with Crippen LogP contribution in [0.3, 0.4) is 0 Å². The van der Waals surface area contributed by atoms with Gasteiger partial charge in [0.15, 0.2) is 0 Å². The highest BCUT2D eigenvalue weighted by atomic mass is 16.6. The predicted octanol–water partition coefficient (Wildman–Crippen LogP) is 4.95. The van der Waals surface area contributed by atoms with Gasteiger partial charge in [-0.2, -0.15) is 0 Å². The molecule has 14 nitrogen and oxygen atoms in total.